The van der Waals surface area contributed by atoms with Gasteiger partial charge in [-0.15, -0.1) is 11.3 Å². The van der Waals surface area contributed by atoms with E-state index in [2.05, 4.69) is 144 Å². The molecule has 0 unspecified atom stereocenters. The van der Waals surface area contributed by atoms with Crippen molar-refractivity contribution >= 4 is 81.3 Å². The van der Waals surface area contributed by atoms with Gasteiger partial charge < -0.3 is 9.32 Å². The molecule has 0 fully saturated rings. The zero-order chi connectivity index (χ0) is 28.3. The van der Waals surface area contributed by atoms with Gasteiger partial charge in [0.15, 0.2) is 0 Å². The first-order chi connectivity index (χ1) is 21.3. The van der Waals surface area contributed by atoms with E-state index in [0.29, 0.717) is 0 Å². The Morgan fingerprint density at radius 3 is 2.05 bits per heavy atom. The molecule has 43 heavy (non-hydrogen) atoms. The standard InChI is InChI=1S/C40H25NOS/c1-2-9-26(10-3-1)27-17-20-30(21-18-27)41(35-13-8-16-39-40(35)33-12-5-7-15-38(33)43-39)31-22-19-28-24-34-32-11-4-6-14-36(32)42-37(34)25-29(28)23-31/h1-25H. The third-order valence-electron chi connectivity index (χ3n) is 8.43. The third-order valence-corrected chi connectivity index (χ3v) is 9.57. The number of para-hydroxylation sites is 1. The summed E-state index contributed by atoms with van der Waals surface area (Å²) >= 11 is 1.85. The predicted octanol–water partition coefficient (Wildman–Crippen LogP) is 12.2. The van der Waals surface area contributed by atoms with Crippen LogP contribution >= 0.6 is 11.3 Å². The first-order valence-corrected chi connectivity index (χ1v) is 15.3. The van der Waals surface area contributed by atoms with Gasteiger partial charge in [-0.25, -0.2) is 0 Å². The van der Waals surface area contributed by atoms with Crippen molar-refractivity contribution in [3.63, 3.8) is 0 Å². The highest BCUT2D eigenvalue weighted by molar-refractivity contribution is 7.26. The molecule has 3 heteroatoms. The first kappa shape index (κ1) is 24.2. The normalized spacial score (nSPS) is 11.7. The Labute approximate surface area is 252 Å². The number of hydrogen-bond donors (Lipinski definition) is 0. The van der Waals surface area contributed by atoms with Crippen LogP contribution in [-0.4, -0.2) is 0 Å². The third kappa shape index (κ3) is 3.93. The molecule has 0 radical (unpaired) electrons. The number of rotatable bonds is 4. The highest BCUT2D eigenvalue weighted by atomic mass is 32.1. The Bertz CT molecular complexity index is 2450. The molecule has 0 N–H and O–H groups in total. The average Bonchev–Trinajstić information content (AvgIpc) is 3.63. The topological polar surface area (TPSA) is 16.4 Å². The minimum absolute atomic E-state index is 0.913. The molecule has 9 aromatic rings. The van der Waals surface area contributed by atoms with Crippen molar-refractivity contribution in [1.82, 2.24) is 0 Å². The lowest BCUT2D eigenvalue weighted by molar-refractivity contribution is 0.669. The molecule has 2 nitrogen and oxygen atoms in total. The molecule has 0 saturated heterocycles. The average molecular weight is 568 g/mol. The van der Waals surface area contributed by atoms with Crippen molar-refractivity contribution in [2.45, 2.75) is 0 Å². The van der Waals surface area contributed by atoms with Crippen LogP contribution in [-0.2, 0) is 0 Å². The van der Waals surface area contributed by atoms with Gasteiger partial charge in [-0.2, -0.15) is 0 Å². The van der Waals surface area contributed by atoms with Gasteiger partial charge in [-0.1, -0.05) is 91.0 Å². The summed E-state index contributed by atoms with van der Waals surface area (Å²) in [7, 11) is 0. The second-order valence-corrected chi connectivity index (χ2v) is 12.1. The molecule has 9 rings (SSSR count). The zero-order valence-corrected chi connectivity index (χ0v) is 24.0. The van der Waals surface area contributed by atoms with E-state index in [1.807, 2.05) is 23.5 Å². The quantitative estimate of drug-likeness (QED) is 0.210. The summed E-state index contributed by atoms with van der Waals surface area (Å²) in [6.07, 6.45) is 0. The van der Waals surface area contributed by atoms with Gasteiger partial charge in [0.1, 0.15) is 11.2 Å². The molecule has 202 valence electrons. The minimum atomic E-state index is 0.913. The number of benzene rings is 7. The van der Waals surface area contributed by atoms with E-state index in [4.69, 9.17) is 4.42 Å². The van der Waals surface area contributed by atoms with E-state index < -0.39 is 0 Å². The first-order valence-electron chi connectivity index (χ1n) is 14.5. The fourth-order valence-electron chi connectivity index (χ4n) is 6.40. The van der Waals surface area contributed by atoms with Crippen LogP contribution in [0.1, 0.15) is 0 Å². The van der Waals surface area contributed by atoms with Crippen LogP contribution in [0.4, 0.5) is 17.1 Å². The van der Waals surface area contributed by atoms with E-state index >= 15 is 0 Å². The van der Waals surface area contributed by atoms with Gasteiger partial charge in [-0.3, -0.25) is 0 Å². The zero-order valence-electron chi connectivity index (χ0n) is 23.2. The molecule has 0 bridgehead atoms. The highest BCUT2D eigenvalue weighted by Gasteiger charge is 2.19. The van der Waals surface area contributed by atoms with Crippen LogP contribution < -0.4 is 4.90 Å². The number of thiophene rings is 1. The molecule has 0 atom stereocenters. The van der Waals surface area contributed by atoms with E-state index in [-0.39, 0.29) is 0 Å². The van der Waals surface area contributed by atoms with E-state index in [0.717, 1.165) is 38.7 Å². The fourth-order valence-corrected chi connectivity index (χ4v) is 7.52. The summed E-state index contributed by atoms with van der Waals surface area (Å²) in [5, 5.41) is 7.22. The van der Waals surface area contributed by atoms with Crippen molar-refractivity contribution in [2.24, 2.45) is 0 Å². The smallest absolute Gasteiger partial charge is 0.136 e. The van der Waals surface area contributed by atoms with Gasteiger partial charge in [0.2, 0.25) is 0 Å². The maximum Gasteiger partial charge on any atom is 0.136 e. The number of anilines is 3. The van der Waals surface area contributed by atoms with Crippen LogP contribution in [0.3, 0.4) is 0 Å². The van der Waals surface area contributed by atoms with Crippen molar-refractivity contribution in [3.8, 4) is 11.1 Å². The molecule has 0 spiro atoms. The number of fused-ring (bicyclic) bond motifs is 7. The highest BCUT2D eigenvalue weighted by Crippen LogP contribution is 2.45. The Morgan fingerprint density at radius 2 is 1.16 bits per heavy atom. The second-order valence-electron chi connectivity index (χ2n) is 11.0. The molecule has 0 saturated carbocycles. The summed E-state index contributed by atoms with van der Waals surface area (Å²) in [5.41, 5.74) is 7.65. The predicted molar refractivity (Wildman–Crippen MR) is 184 cm³/mol. The second kappa shape index (κ2) is 9.59. The monoisotopic (exact) mass is 567 g/mol. The maximum absolute atomic E-state index is 6.27. The van der Waals surface area contributed by atoms with Crippen LogP contribution in [0, 0.1) is 0 Å². The van der Waals surface area contributed by atoms with Crippen molar-refractivity contribution < 1.29 is 4.42 Å². The summed E-state index contributed by atoms with van der Waals surface area (Å²) in [5.74, 6) is 0. The van der Waals surface area contributed by atoms with Gasteiger partial charge in [0.25, 0.3) is 0 Å². The Morgan fingerprint density at radius 1 is 0.442 bits per heavy atom. The van der Waals surface area contributed by atoms with Crippen molar-refractivity contribution in [2.75, 3.05) is 4.90 Å². The maximum atomic E-state index is 6.27. The lowest BCUT2D eigenvalue weighted by Crippen LogP contribution is -2.10. The molecule has 0 amide bonds. The van der Waals surface area contributed by atoms with Crippen molar-refractivity contribution in [1.29, 1.82) is 0 Å². The lowest BCUT2D eigenvalue weighted by atomic mass is 10.0. The minimum Gasteiger partial charge on any atom is -0.456 e. The molecule has 7 aromatic carbocycles. The summed E-state index contributed by atoms with van der Waals surface area (Å²) in [6.45, 7) is 0. The van der Waals surface area contributed by atoms with E-state index in [1.54, 1.807) is 0 Å². The number of nitrogens with zero attached hydrogens (tertiary/aromatic N) is 1. The van der Waals surface area contributed by atoms with Gasteiger partial charge in [-0.05, 0) is 82.6 Å². The van der Waals surface area contributed by atoms with E-state index in [9.17, 15) is 0 Å². The van der Waals surface area contributed by atoms with Crippen LogP contribution in [0.25, 0.3) is 64.0 Å². The Hall–Kier alpha value is -5.38. The molecule has 0 aliphatic heterocycles. The molecular weight excluding hydrogens is 543 g/mol. The SMILES string of the molecule is c1ccc(-c2ccc(N(c3ccc4cc5c(cc4c3)oc3ccccc35)c3cccc4sc5ccccc5c34)cc2)cc1. The molecule has 0 aliphatic rings. The number of hydrogen-bond acceptors (Lipinski definition) is 3. The fraction of sp³-hybridized carbons (Fsp3) is 0. The largest absolute Gasteiger partial charge is 0.456 e. The Balaban J connectivity index is 1.27. The molecule has 2 aromatic heterocycles. The molecule has 0 aliphatic carbocycles. The summed E-state index contributed by atoms with van der Waals surface area (Å²) < 4.78 is 8.86. The number of furan rings is 1. The lowest BCUT2D eigenvalue weighted by Gasteiger charge is -2.27. The van der Waals surface area contributed by atoms with Gasteiger partial charge in [0, 0.05) is 42.3 Å². The van der Waals surface area contributed by atoms with Gasteiger partial charge >= 0.3 is 0 Å². The van der Waals surface area contributed by atoms with Crippen LogP contribution in [0.15, 0.2) is 156 Å². The van der Waals surface area contributed by atoms with Crippen LogP contribution in [0.5, 0.6) is 0 Å². The molecular formula is C40H25NOS. The van der Waals surface area contributed by atoms with Crippen molar-refractivity contribution in [3.05, 3.63) is 152 Å². The van der Waals surface area contributed by atoms with Gasteiger partial charge in [0.05, 0.1) is 5.69 Å². The summed E-state index contributed by atoms with van der Waals surface area (Å²) in [4.78, 5) is 2.40. The Kier molecular flexibility index (Phi) is 5.40. The molecule has 2 heterocycles. The summed E-state index contributed by atoms with van der Waals surface area (Å²) in [6, 6.07) is 54.4. The van der Waals surface area contributed by atoms with Crippen LogP contribution in [0.2, 0.25) is 0 Å². The van der Waals surface area contributed by atoms with E-state index in [1.165, 1.54) is 42.4 Å².